The number of oxime groups is 1. The van der Waals surface area contributed by atoms with Gasteiger partial charge in [0.15, 0.2) is 18.5 Å². The minimum Gasteiger partial charge on any atom is -0.458 e. The average Bonchev–Trinajstić information content (AvgIpc) is 3.49. The molecule has 0 aliphatic carbocycles. The Morgan fingerprint density at radius 1 is 1.02 bits per heavy atom. The standard InChI is InChI=1S/C45H64N4O11/c1-11-35-45(8)39-26(4)36(50)24(2)19-44(7)40(59-42-37(51)34(48(9)10)18-25(3)57-42)27(5)38(28(6)41(52)58-35)54-21-30(22-55-44)33(20-49(39)43(53)60-45)47-56-23-31-17-16-29-14-12-13-15-32(29)46-31/h12-17,24-28,30,34-35,37-40,42,51H,11,18-23H2,1-10H3/b47-33-/t24-,25-,26+,27+,28-,30?,34+,35-,37-,38+,39+,40-,42+,44?,45?/m1/s1. The van der Waals surface area contributed by atoms with Crippen molar-refractivity contribution in [2.24, 2.45) is 34.7 Å². The number of fused-ring (bicyclic) bond motifs is 6. The Labute approximate surface area is 353 Å². The number of likely N-dealkylation sites (N-methyl/N-ethyl adjacent to an activating group) is 1. The van der Waals surface area contributed by atoms with Gasteiger partial charge in [-0.05, 0) is 73.2 Å². The number of nitrogens with zero attached hydrogens (tertiary/aromatic N) is 4. The molecule has 5 aliphatic heterocycles. The molecule has 5 aliphatic rings. The van der Waals surface area contributed by atoms with Crippen LogP contribution in [0.1, 0.15) is 80.3 Å². The predicted molar refractivity (Wildman–Crippen MR) is 221 cm³/mol. The van der Waals surface area contributed by atoms with Gasteiger partial charge in [-0.25, -0.2) is 9.78 Å². The van der Waals surface area contributed by atoms with Crippen LogP contribution in [-0.2, 0) is 49.5 Å². The Hall–Kier alpha value is -3.73. The quantitative estimate of drug-likeness (QED) is 0.288. The second kappa shape index (κ2) is 17.6. The van der Waals surface area contributed by atoms with E-state index in [1.54, 1.807) is 13.8 Å². The molecule has 0 spiro atoms. The van der Waals surface area contributed by atoms with Crippen molar-refractivity contribution in [3.8, 4) is 0 Å². The zero-order chi connectivity index (χ0) is 43.3. The number of carbonyl (C=O) groups is 3. The molecule has 60 heavy (non-hydrogen) atoms. The Morgan fingerprint density at radius 3 is 2.50 bits per heavy atom. The van der Waals surface area contributed by atoms with Crippen LogP contribution in [0.2, 0.25) is 0 Å². The van der Waals surface area contributed by atoms with E-state index < -0.39 is 89.6 Å². The molecule has 6 bridgehead atoms. The lowest BCUT2D eigenvalue weighted by molar-refractivity contribution is -0.302. The zero-order valence-corrected chi connectivity index (χ0v) is 36.7. The van der Waals surface area contributed by atoms with E-state index in [0.717, 1.165) is 10.9 Å². The molecular formula is C45H64N4O11. The molecule has 3 unspecified atom stereocenters. The van der Waals surface area contributed by atoms with Crippen LogP contribution >= 0.6 is 0 Å². The fourth-order valence-electron chi connectivity index (χ4n) is 10.6. The van der Waals surface area contributed by atoms with Gasteiger partial charge in [0.25, 0.3) is 0 Å². The molecule has 5 saturated heterocycles. The number of para-hydroxylation sites is 1. The summed E-state index contributed by atoms with van der Waals surface area (Å²) in [5.74, 6) is -4.00. The Balaban J connectivity index is 1.36. The van der Waals surface area contributed by atoms with Crippen LogP contribution in [-0.4, -0.2) is 137 Å². The molecule has 15 heteroatoms. The number of hydrogen-bond acceptors (Lipinski definition) is 14. The summed E-state index contributed by atoms with van der Waals surface area (Å²) in [6.45, 7) is 15.0. The summed E-state index contributed by atoms with van der Waals surface area (Å²) >= 11 is 0. The normalized spacial score (nSPS) is 41.1. The van der Waals surface area contributed by atoms with Gasteiger partial charge >= 0.3 is 12.1 Å². The van der Waals surface area contributed by atoms with Crippen molar-refractivity contribution in [1.29, 1.82) is 0 Å². The fraction of sp³-hybridized carbons (Fsp3) is 0.711. The topological polar surface area (TPSA) is 168 Å². The van der Waals surface area contributed by atoms with E-state index >= 15 is 0 Å². The highest BCUT2D eigenvalue weighted by Gasteiger charge is 2.61. The first-order chi connectivity index (χ1) is 28.4. The number of aromatic nitrogens is 1. The molecule has 1 aromatic heterocycles. The van der Waals surface area contributed by atoms with Gasteiger partial charge in [-0.3, -0.25) is 14.5 Å². The van der Waals surface area contributed by atoms with E-state index in [9.17, 15) is 19.5 Å². The highest BCUT2D eigenvalue weighted by Crippen LogP contribution is 2.45. The number of Topliss-reactive ketones (excluding diaryl/α,β-unsaturated/α-hetero) is 1. The molecule has 330 valence electrons. The fourth-order valence-corrected chi connectivity index (χ4v) is 10.6. The van der Waals surface area contributed by atoms with Crippen molar-refractivity contribution in [2.45, 2.75) is 141 Å². The Kier molecular flexibility index (Phi) is 13.0. The molecule has 15 nitrogen and oxygen atoms in total. The van der Waals surface area contributed by atoms with Crippen molar-refractivity contribution >= 4 is 34.5 Å². The average molecular weight is 837 g/mol. The van der Waals surface area contributed by atoms with Crippen molar-refractivity contribution in [3.63, 3.8) is 0 Å². The Morgan fingerprint density at radius 2 is 1.77 bits per heavy atom. The van der Waals surface area contributed by atoms with Gasteiger partial charge in [0.1, 0.15) is 18.0 Å². The maximum Gasteiger partial charge on any atom is 0.411 e. The molecule has 0 radical (unpaired) electrons. The number of aliphatic hydroxyl groups is 1. The van der Waals surface area contributed by atoms with Crippen LogP contribution in [0, 0.1) is 29.6 Å². The van der Waals surface area contributed by atoms with E-state index in [2.05, 4.69) is 0 Å². The summed E-state index contributed by atoms with van der Waals surface area (Å²) in [6, 6.07) is 10.6. The summed E-state index contributed by atoms with van der Waals surface area (Å²) in [7, 11) is 3.83. The lowest BCUT2D eigenvalue weighted by Crippen LogP contribution is -2.61. The summed E-state index contributed by atoms with van der Waals surface area (Å²) in [6.07, 6.45) is -4.35. The minimum absolute atomic E-state index is 0.0364. The van der Waals surface area contributed by atoms with Gasteiger partial charge in [-0.1, -0.05) is 57.1 Å². The van der Waals surface area contributed by atoms with Crippen LogP contribution in [0.25, 0.3) is 10.9 Å². The second-order valence-corrected chi connectivity index (χ2v) is 18.5. The maximum absolute atomic E-state index is 14.9. The lowest BCUT2D eigenvalue weighted by atomic mass is 9.73. The molecule has 5 fully saturated rings. The smallest absolute Gasteiger partial charge is 0.411 e. The first-order valence-corrected chi connectivity index (χ1v) is 21.6. The number of ether oxygens (including phenoxy) is 6. The van der Waals surface area contributed by atoms with Crippen LogP contribution in [0.3, 0.4) is 0 Å². The first-order valence-electron chi connectivity index (χ1n) is 21.6. The molecule has 1 amide bonds. The van der Waals surface area contributed by atoms with Gasteiger partial charge in [-0.2, -0.15) is 0 Å². The second-order valence-electron chi connectivity index (χ2n) is 18.5. The largest absolute Gasteiger partial charge is 0.458 e. The van der Waals surface area contributed by atoms with Crippen LogP contribution in [0.15, 0.2) is 41.6 Å². The number of ketones is 1. The van der Waals surface area contributed by atoms with Crippen molar-refractivity contribution < 1.29 is 52.7 Å². The van der Waals surface area contributed by atoms with E-state index in [-0.39, 0.29) is 50.7 Å². The van der Waals surface area contributed by atoms with Crippen molar-refractivity contribution in [1.82, 2.24) is 14.8 Å². The highest BCUT2D eigenvalue weighted by molar-refractivity contribution is 5.92. The molecule has 1 N–H and O–H groups in total. The number of esters is 1. The third-order valence-corrected chi connectivity index (χ3v) is 13.8. The molecule has 1 aromatic carbocycles. The molecular weight excluding hydrogens is 773 g/mol. The van der Waals surface area contributed by atoms with Crippen LogP contribution < -0.4 is 0 Å². The summed E-state index contributed by atoms with van der Waals surface area (Å²) in [5.41, 5.74) is -0.671. The van der Waals surface area contributed by atoms with E-state index in [1.165, 1.54) is 4.90 Å². The van der Waals surface area contributed by atoms with Crippen molar-refractivity contribution in [2.75, 3.05) is 33.9 Å². The molecule has 0 saturated carbocycles. The van der Waals surface area contributed by atoms with Gasteiger partial charge in [-0.15, -0.1) is 0 Å². The number of pyridine rings is 1. The number of cyclic esters (lactones) is 1. The summed E-state index contributed by atoms with van der Waals surface area (Å²) in [4.78, 5) is 57.8. The first kappa shape index (κ1) is 44.3. The van der Waals surface area contributed by atoms with Gasteiger partial charge in [0, 0.05) is 35.1 Å². The Bertz CT molecular complexity index is 1930. The van der Waals surface area contributed by atoms with Gasteiger partial charge in [0.05, 0.1) is 72.6 Å². The lowest BCUT2D eigenvalue weighted by Gasteiger charge is -2.48. The minimum atomic E-state index is -1.39. The van der Waals surface area contributed by atoms with Gasteiger partial charge < -0.3 is 43.3 Å². The number of carbonyl (C=O) groups excluding carboxylic acids is 3. The number of hydrogen-bond donors (Lipinski definition) is 1. The van der Waals surface area contributed by atoms with Crippen molar-refractivity contribution in [3.05, 3.63) is 42.1 Å². The third kappa shape index (κ3) is 8.42. The number of aliphatic hydroxyl groups excluding tert-OH is 1. The maximum atomic E-state index is 14.9. The third-order valence-electron chi connectivity index (χ3n) is 13.8. The monoisotopic (exact) mass is 836 g/mol. The molecule has 7 rings (SSSR count). The predicted octanol–water partition coefficient (Wildman–Crippen LogP) is 5.14. The molecule has 2 aromatic rings. The summed E-state index contributed by atoms with van der Waals surface area (Å²) in [5, 5.41) is 17.4. The molecule has 15 atom stereocenters. The summed E-state index contributed by atoms with van der Waals surface area (Å²) < 4.78 is 39.9. The number of benzene rings is 1. The van der Waals surface area contributed by atoms with Crippen LogP contribution in [0.4, 0.5) is 4.79 Å². The van der Waals surface area contributed by atoms with E-state index in [0.29, 0.717) is 24.2 Å². The van der Waals surface area contributed by atoms with E-state index in [4.69, 9.17) is 43.4 Å². The SMILES string of the molecule is CC[C@H]1OC(=O)[C@H](C)[C@H]2OCC3COC(C)(C[C@@H](C)C(=O)[C@H](C)[C@@H]4N(C/C3=N/OCc3ccc5ccccc5n3)C(=O)OC41C)[C@H](O[C@@H]1O[C@H](C)C[C@H](N(C)C)[C@H]1O)[C@H]2C. The van der Waals surface area contributed by atoms with E-state index in [1.807, 2.05) is 96.9 Å². The van der Waals surface area contributed by atoms with Crippen LogP contribution in [0.5, 0.6) is 0 Å². The van der Waals surface area contributed by atoms with Gasteiger partial charge in [0.2, 0.25) is 0 Å². The highest BCUT2D eigenvalue weighted by atomic mass is 16.7. The zero-order valence-electron chi connectivity index (χ0n) is 36.7. The molecule has 6 heterocycles. The number of amides is 1. The number of rotatable bonds is 7.